The average molecular weight is 393 g/mol. The number of nitrogens with zero attached hydrogens (tertiary/aromatic N) is 1. The molecule has 1 aromatic rings. The number of rotatable bonds is 6. The van der Waals surface area contributed by atoms with Crippen LogP contribution in [0.25, 0.3) is 0 Å². The molecule has 1 heterocycles. The molecule has 1 aliphatic rings. The van der Waals surface area contributed by atoms with Crippen molar-refractivity contribution >= 4 is 23.8 Å². The Balaban J connectivity index is 2.45. The van der Waals surface area contributed by atoms with Crippen molar-refractivity contribution in [1.29, 1.82) is 0 Å². The van der Waals surface area contributed by atoms with Gasteiger partial charge in [0.15, 0.2) is 6.23 Å². The second-order valence-electron chi connectivity index (χ2n) is 6.47. The fourth-order valence-corrected chi connectivity index (χ4v) is 3.02. The summed E-state index contributed by atoms with van der Waals surface area (Å²) in [7, 11) is 0. The summed E-state index contributed by atoms with van der Waals surface area (Å²) in [5.74, 6) is -1.77. The molecule has 0 bridgehead atoms. The lowest BCUT2D eigenvalue weighted by atomic mass is 10.00. The Bertz CT molecular complexity index is 757. The van der Waals surface area contributed by atoms with Crippen LogP contribution < -0.4 is 4.74 Å². The molecule has 1 aromatic carbocycles. The van der Waals surface area contributed by atoms with Crippen LogP contribution in [0.1, 0.15) is 39.5 Å². The third kappa shape index (κ3) is 4.86. The van der Waals surface area contributed by atoms with E-state index in [-0.39, 0.29) is 31.5 Å². The van der Waals surface area contributed by atoms with Crippen molar-refractivity contribution in [2.24, 2.45) is 0 Å². The molecule has 0 radical (unpaired) electrons. The molecular formula is C19H23NO8. The predicted octanol–water partition coefficient (Wildman–Crippen LogP) is 1.35. The smallest absolute Gasteiger partial charge is 0.308 e. The van der Waals surface area contributed by atoms with Gasteiger partial charge in [-0.25, -0.2) is 0 Å². The Morgan fingerprint density at radius 3 is 2.07 bits per heavy atom. The SMILES string of the molecule is CC(=O)OCC1(COC(C)=O)COC(c2ccccc2OC(C)=O)N1C(C)=O. The topological polar surface area (TPSA) is 108 Å². The van der Waals surface area contributed by atoms with Crippen molar-refractivity contribution in [2.45, 2.75) is 39.5 Å². The Morgan fingerprint density at radius 1 is 1.00 bits per heavy atom. The fraction of sp³-hybridized carbons (Fsp3) is 0.474. The summed E-state index contributed by atoms with van der Waals surface area (Å²) < 4.78 is 21.3. The number of carbonyl (C=O) groups is 4. The van der Waals surface area contributed by atoms with Gasteiger partial charge in [0.1, 0.15) is 24.5 Å². The highest BCUT2D eigenvalue weighted by molar-refractivity contribution is 5.76. The van der Waals surface area contributed by atoms with Gasteiger partial charge in [0.25, 0.3) is 0 Å². The van der Waals surface area contributed by atoms with Gasteiger partial charge in [-0.15, -0.1) is 0 Å². The maximum absolute atomic E-state index is 12.5. The van der Waals surface area contributed by atoms with Crippen LogP contribution in [0.15, 0.2) is 24.3 Å². The minimum Gasteiger partial charge on any atom is -0.463 e. The predicted molar refractivity (Wildman–Crippen MR) is 95.0 cm³/mol. The summed E-state index contributed by atoms with van der Waals surface area (Å²) >= 11 is 0. The Morgan fingerprint density at radius 2 is 1.57 bits per heavy atom. The van der Waals surface area contributed by atoms with Crippen LogP contribution in [0.5, 0.6) is 5.75 Å². The van der Waals surface area contributed by atoms with E-state index in [2.05, 4.69) is 0 Å². The first-order valence-corrected chi connectivity index (χ1v) is 8.62. The van der Waals surface area contributed by atoms with E-state index in [0.717, 1.165) is 0 Å². The van der Waals surface area contributed by atoms with E-state index in [1.54, 1.807) is 24.3 Å². The van der Waals surface area contributed by atoms with E-state index < -0.39 is 29.7 Å². The van der Waals surface area contributed by atoms with Gasteiger partial charge in [-0.2, -0.15) is 0 Å². The number of para-hydroxylation sites is 1. The van der Waals surface area contributed by atoms with Crippen LogP contribution in [0, 0.1) is 0 Å². The molecule has 28 heavy (non-hydrogen) atoms. The number of ether oxygens (including phenoxy) is 4. The van der Waals surface area contributed by atoms with E-state index in [1.165, 1.54) is 32.6 Å². The Hall–Kier alpha value is -2.94. The number of benzene rings is 1. The van der Waals surface area contributed by atoms with Crippen LogP contribution in [-0.2, 0) is 33.4 Å². The molecule has 0 N–H and O–H groups in total. The monoisotopic (exact) mass is 393 g/mol. The summed E-state index contributed by atoms with van der Waals surface area (Å²) in [6, 6.07) is 6.63. The molecule has 1 amide bonds. The highest BCUT2D eigenvalue weighted by Gasteiger charge is 2.52. The molecule has 1 fully saturated rings. The first-order valence-electron chi connectivity index (χ1n) is 8.62. The lowest BCUT2D eigenvalue weighted by molar-refractivity contribution is -0.159. The van der Waals surface area contributed by atoms with E-state index in [4.69, 9.17) is 18.9 Å². The first-order chi connectivity index (χ1) is 13.2. The molecule has 1 aliphatic heterocycles. The van der Waals surface area contributed by atoms with Crippen molar-refractivity contribution in [2.75, 3.05) is 19.8 Å². The molecule has 1 saturated heterocycles. The summed E-state index contributed by atoms with van der Waals surface area (Å²) in [5.41, 5.74) is -0.766. The molecule has 1 unspecified atom stereocenters. The van der Waals surface area contributed by atoms with Crippen molar-refractivity contribution in [3.63, 3.8) is 0 Å². The van der Waals surface area contributed by atoms with Crippen LogP contribution in [0.3, 0.4) is 0 Å². The third-order valence-corrected chi connectivity index (χ3v) is 4.12. The summed E-state index contributed by atoms with van der Waals surface area (Å²) in [5, 5.41) is 0. The zero-order chi connectivity index (χ0) is 20.9. The van der Waals surface area contributed by atoms with E-state index in [0.29, 0.717) is 5.56 Å². The lowest BCUT2D eigenvalue weighted by Gasteiger charge is -2.37. The minimum atomic E-state index is -1.21. The Kier molecular flexibility index (Phi) is 6.74. The number of hydrogen-bond acceptors (Lipinski definition) is 8. The van der Waals surface area contributed by atoms with Gasteiger partial charge < -0.3 is 18.9 Å². The fourth-order valence-electron chi connectivity index (χ4n) is 3.02. The summed E-state index contributed by atoms with van der Waals surface area (Å²) in [6.07, 6.45) is -0.917. The maximum Gasteiger partial charge on any atom is 0.308 e. The maximum atomic E-state index is 12.5. The zero-order valence-corrected chi connectivity index (χ0v) is 16.2. The first kappa shape index (κ1) is 21.4. The Labute approximate surface area is 162 Å². The standard InChI is InChI=1S/C19H23NO8/c1-12(21)20-18(16-7-5-6-8-17(16)28-15(4)24)27-11-19(20,9-25-13(2)22)10-26-14(3)23/h5-8,18H,9-11H2,1-4H3. The van der Waals surface area contributed by atoms with Gasteiger partial charge >= 0.3 is 17.9 Å². The average Bonchev–Trinajstić information content (AvgIpc) is 2.98. The van der Waals surface area contributed by atoms with Crippen LogP contribution >= 0.6 is 0 Å². The second kappa shape index (κ2) is 8.83. The largest absolute Gasteiger partial charge is 0.463 e. The number of carbonyl (C=O) groups excluding carboxylic acids is 4. The highest BCUT2D eigenvalue weighted by Crippen LogP contribution is 2.41. The molecule has 0 saturated carbocycles. The molecule has 9 nitrogen and oxygen atoms in total. The quantitative estimate of drug-likeness (QED) is 0.526. The number of esters is 3. The van der Waals surface area contributed by atoms with Gasteiger partial charge in [-0.1, -0.05) is 18.2 Å². The van der Waals surface area contributed by atoms with Crippen LogP contribution in [0.4, 0.5) is 0 Å². The van der Waals surface area contributed by atoms with Gasteiger partial charge in [-0.3, -0.25) is 24.1 Å². The van der Waals surface area contributed by atoms with Crippen LogP contribution in [0.2, 0.25) is 0 Å². The van der Waals surface area contributed by atoms with Crippen molar-refractivity contribution in [3.05, 3.63) is 29.8 Å². The summed E-state index contributed by atoms with van der Waals surface area (Å²) in [6.45, 7) is 4.57. The van der Waals surface area contributed by atoms with Crippen molar-refractivity contribution in [1.82, 2.24) is 4.90 Å². The molecule has 0 aromatic heterocycles. The molecular weight excluding hydrogens is 370 g/mol. The van der Waals surface area contributed by atoms with Gasteiger partial charge in [0, 0.05) is 33.3 Å². The zero-order valence-electron chi connectivity index (χ0n) is 16.2. The van der Waals surface area contributed by atoms with E-state index >= 15 is 0 Å². The normalized spacial score (nSPS) is 17.7. The number of hydrogen-bond donors (Lipinski definition) is 0. The molecule has 0 spiro atoms. The third-order valence-electron chi connectivity index (χ3n) is 4.12. The minimum absolute atomic E-state index is 0.0494. The van der Waals surface area contributed by atoms with E-state index in [1.807, 2.05) is 0 Å². The summed E-state index contributed by atoms with van der Waals surface area (Å²) in [4.78, 5) is 48.0. The lowest BCUT2D eigenvalue weighted by Crippen LogP contribution is -2.56. The molecule has 0 aliphatic carbocycles. The van der Waals surface area contributed by atoms with Crippen molar-refractivity contribution < 1.29 is 38.1 Å². The molecule has 152 valence electrons. The van der Waals surface area contributed by atoms with Gasteiger partial charge in [0.05, 0.1) is 6.61 Å². The molecule has 2 rings (SSSR count). The highest BCUT2D eigenvalue weighted by atomic mass is 16.6. The van der Waals surface area contributed by atoms with Crippen LogP contribution in [-0.4, -0.2) is 54.1 Å². The number of amides is 1. The molecule has 9 heteroatoms. The second-order valence-corrected chi connectivity index (χ2v) is 6.47. The van der Waals surface area contributed by atoms with Crippen molar-refractivity contribution in [3.8, 4) is 5.75 Å². The van der Waals surface area contributed by atoms with Gasteiger partial charge in [0.2, 0.25) is 5.91 Å². The molecule has 1 atom stereocenters. The van der Waals surface area contributed by atoms with E-state index in [9.17, 15) is 19.2 Å². The van der Waals surface area contributed by atoms with Gasteiger partial charge in [-0.05, 0) is 6.07 Å².